The number of amides is 3. The molecule has 34 heavy (non-hydrogen) atoms. The molecule has 3 N–H and O–H groups in total. The Balaban J connectivity index is 1.71. The molecule has 1 aliphatic heterocycles. The quantitative estimate of drug-likeness (QED) is 0.364. The minimum atomic E-state index is -0.640. The normalized spacial score (nSPS) is 14.9. The Morgan fingerprint density at radius 2 is 1.88 bits per heavy atom. The van der Waals surface area contributed by atoms with E-state index in [0.29, 0.717) is 34.2 Å². The van der Waals surface area contributed by atoms with Crippen LogP contribution in [0, 0.1) is 0 Å². The zero-order valence-corrected chi connectivity index (χ0v) is 20.7. The van der Waals surface area contributed by atoms with Crippen LogP contribution in [0.2, 0.25) is 5.02 Å². The first-order valence-electron chi connectivity index (χ1n) is 10.6. The van der Waals surface area contributed by atoms with E-state index in [-0.39, 0.29) is 11.9 Å². The van der Waals surface area contributed by atoms with Crippen molar-refractivity contribution in [3.63, 3.8) is 0 Å². The fourth-order valence-corrected chi connectivity index (χ4v) is 4.25. The van der Waals surface area contributed by atoms with Gasteiger partial charge in [0.2, 0.25) is 5.91 Å². The molecule has 0 saturated heterocycles. The molecule has 6 nitrogen and oxygen atoms in total. The van der Waals surface area contributed by atoms with E-state index in [4.69, 9.17) is 16.6 Å². The van der Waals surface area contributed by atoms with Gasteiger partial charge in [-0.2, -0.15) is 0 Å². The van der Waals surface area contributed by atoms with E-state index in [1.165, 1.54) is 0 Å². The van der Waals surface area contributed by atoms with Gasteiger partial charge >= 0.3 is 6.03 Å². The third-order valence-corrected chi connectivity index (χ3v) is 6.21. The lowest BCUT2D eigenvalue weighted by Gasteiger charge is -2.13. The number of allylic oxidation sites excluding steroid dienone is 1. The fraction of sp³-hybridized carbons (Fsp3) is 0.115. The number of rotatable bonds is 5. The number of hydrogen-bond acceptors (Lipinski definition) is 3. The van der Waals surface area contributed by atoms with Gasteiger partial charge in [0, 0.05) is 38.4 Å². The van der Waals surface area contributed by atoms with Crippen LogP contribution in [0.1, 0.15) is 23.6 Å². The summed E-state index contributed by atoms with van der Waals surface area (Å²) >= 11 is 9.85. The van der Waals surface area contributed by atoms with E-state index < -0.39 is 6.04 Å². The third-order valence-electron chi connectivity index (χ3n) is 5.20. The number of halogens is 2. The fourth-order valence-electron chi connectivity index (χ4n) is 3.63. The average Bonchev–Trinajstić information content (AvgIpc) is 2.92. The standard InChI is InChI=1S/C26H22BrClN4O2/c1-15(2)29-26(34)30-19-10-7-16(8-11-19)24-20-14-18(28)9-12-22(20)32-25(33)23(31-24)13-17-5-3-4-6-21(17)27/h3-12,14,23H,1,13H2,2H3,(H,32,33)(H2,29,30,34). The van der Waals surface area contributed by atoms with Crippen LogP contribution in [0.15, 0.2) is 88.5 Å². The molecule has 4 rings (SSSR count). The highest BCUT2D eigenvalue weighted by atomic mass is 79.9. The van der Waals surface area contributed by atoms with Crippen LogP contribution >= 0.6 is 27.5 Å². The lowest BCUT2D eigenvalue weighted by atomic mass is 10.00. The molecule has 0 aromatic heterocycles. The van der Waals surface area contributed by atoms with E-state index in [0.717, 1.165) is 21.2 Å². The molecule has 1 aliphatic rings. The van der Waals surface area contributed by atoms with Crippen LogP contribution in [-0.4, -0.2) is 23.7 Å². The average molecular weight is 538 g/mol. The minimum absolute atomic E-state index is 0.191. The number of urea groups is 1. The van der Waals surface area contributed by atoms with E-state index in [1.54, 1.807) is 37.3 Å². The first kappa shape index (κ1) is 23.7. The molecular weight excluding hydrogens is 516 g/mol. The highest BCUT2D eigenvalue weighted by molar-refractivity contribution is 9.10. The Morgan fingerprint density at radius 1 is 1.15 bits per heavy atom. The molecule has 0 spiro atoms. The van der Waals surface area contributed by atoms with E-state index in [1.807, 2.05) is 36.4 Å². The summed E-state index contributed by atoms with van der Waals surface area (Å²) in [5.74, 6) is -0.191. The van der Waals surface area contributed by atoms with Crippen molar-refractivity contribution in [3.8, 4) is 0 Å². The number of nitrogens with zero attached hydrogens (tertiary/aromatic N) is 1. The maximum Gasteiger partial charge on any atom is 0.323 e. The second kappa shape index (κ2) is 10.2. The first-order valence-corrected chi connectivity index (χ1v) is 11.7. The van der Waals surface area contributed by atoms with Crippen molar-refractivity contribution in [3.05, 3.63) is 105 Å². The van der Waals surface area contributed by atoms with Crippen molar-refractivity contribution in [1.82, 2.24) is 5.32 Å². The summed E-state index contributed by atoms with van der Waals surface area (Å²) in [6.07, 6.45) is 0.430. The monoisotopic (exact) mass is 536 g/mol. The van der Waals surface area contributed by atoms with Gasteiger partial charge in [-0.05, 0) is 48.9 Å². The Hall–Kier alpha value is -3.42. The maximum absolute atomic E-state index is 13.1. The summed E-state index contributed by atoms with van der Waals surface area (Å²) in [4.78, 5) is 29.9. The van der Waals surface area contributed by atoms with Gasteiger partial charge in [-0.1, -0.05) is 64.4 Å². The number of nitrogens with one attached hydrogen (secondary N) is 3. The van der Waals surface area contributed by atoms with Crippen molar-refractivity contribution in [1.29, 1.82) is 0 Å². The number of fused-ring (bicyclic) bond motifs is 1. The summed E-state index contributed by atoms with van der Waals surface area (Å²) in [5.41, 5.74) is 4.96. The summed E-state index contributed by atoms with van der Waals surface area (Å²) in [7, 11) is 0. The predicted octanol–water partition coefficient (Wildman–Crippen LogP) is 6.16. The van der Waals surface area contributed by atoms with Crippen molar-refractivity contribution >= 4 is 56.6 Å². The molecule has 3 aromatic carbocycles. The lowest BCUT2D eigenvalue weighted by molar-refractivity contribution is -0.117. The number of carbonyl (C=O) groups excluding carboxylic acids is 2. The SMILES string of the molecule is C=C(C)NC(=O)Nc1ccc(C2=NC(Cc3ccccc3Br)C(=O)Nc3ccc(Cl)cc32)cc1. The lowest BCUT2D eigenvalue weighted by Crippen LogP contribution is -2.27. The van der Waals surface area contributed by atoms with Crippen LogP contribution < -0.4 is 16.0 Å². The summed E-state index contributed by atoms with van der Waals surface area (Å²) in [6.45, 7) is 5.37. The maximum atomic E-state index is 13.1. The highest BCUT2D eigenvalue weighted by Crippen LogP contribution is 2.29. The molecule has 0 saturated carbocycles. The number of aliphatic imine (C=N–C) groups is 1. The van der Waals surface area contributed by atoms with Crippen LogP contribution in [0.5, 0.6) is 0 Å². The number of benzene rings is 3. The number of anilines is 2. The van der Waals surface area contributed by atoms with Gasteiger partial charge in [0.1, 0.15) is 6.04 Å². The zero-order valence-electron chi connectivity index (χ0n) is 18.4. The molecule has 172 valence electrons. The van der Waals surface area contributed by atoms with Crippen LogP contribution in [0.25, 0.3) is 0 Å². The smallest absolute Gasteiger partial charge is 0.323 e. The van der Waals surface area contributed by atoms with Gasteiger partial charge < -0.3 is 16.0 Å². The van der Waals surface area contributed by atoms with Crippen LogP contribution in [0.3, 0.4) is 0 Å². The molecule has 1 heterocycles. The molecule has 3 aromatic rings. The zero-order chi connectivity index (χ0) is 24.2. The predicted molar refractivity (Wildman–Crippen MR) is 141 cm³/mol. The summed E-state index contributed by atoms with van der Waals surface area (Å²) in [6, 6.07) is 19.3. The number of benzodiazepines with no additional fused rings is 1. The van der Waals surface area contributed by atoms with Crippen LogP contribution in [-0.2, 0) is 11.2 Å². The Bertz CT molecular complexity index is 1300. The molecule has 3 amide bonds. The molecule has 1 atom stereocenters. The van der Waals surface area contributed by atoms with Gasteiger partial charge in [-0.15, -0.1) is 0 Å². The molecule has 0 bridgehead atoms. The van der Waals surface area contributed by atoms with Crippen molar-refractivity contribution in [2.45, 2.75) is 19.4 Å². The largest absolute Gasteiger partial charge is 0.324 e. The summed E-state index contributed by atoms with van der Waals surface area (Å²) < 4.78 is 0.924. The molecule has 0 radical (unpaired) electrons. The van der Waals surface area contributed by atoms with Gasteiger partial charge in [0.25, 0.3) is 0 Å². The third kappa shape index (κ3) is 5.55. The van der Waals surface area contributed by atoms with E-state index in [2.05, 4.69) is 38.5 Å². The number of carbonyl (C=O) groups is 2. The minimum Gasteiger partial charge on any atom is -0.324 e. The van der Waals surface area contributed by atoms with Gasteiger partial charge in [-0.3, -0.25) is 9.79 Å². The van der Waals surface area contributed by atoms with Gasteiger partial charge in [0.15, 0.2) is 0 Å². The second-order valence-electron chi connectivity index (χ2n) is 7.90. The van der Waals surface area contributed by atoms with E-state index in [9.17, 15) is 9.59 Å². The van der Waals surface area contributed by atoms with E-state index >= 15 is 0 Å². The van der Waals surface area contributed by atoms with Crippen molar-refractivity contribution in [2.75, 3.05) is 10.6 Å². The van der Waals surface area contributed by atoms with Gasteiger partial charge in [-0.25, -0.2) is 4.79 Å². The molecule has 8 heteroatoms. The Kier molecular flexibility index (Phi) is 7.14. The molecule has 0 fully saturated rings. The number of hydrogen-bond donors (Lipinski definition) is 3. The second-order valence-corrected chi connectivity index (χ2v) is 9.20. The molecular formula is C26H22BrClN4O2. The molecule has 0 aliphatic carbocycles. The highest BCUT2D eigenvalue weighted by Gasteiger charge is 2.27. The Labute approximate surface area is 211 Å². The van der Waals surface area contributed by atoms with Gasteiger partial charge in [0.05, 0.1) is 11.4 Å². The molecule has 1 unspecified atom stereocenters. The topological polar surface area (TPSA) is 82.6 Å². The van der Waals surface area contributed by atoms with Crippen molar-refractivity contribution < 1.29 is 9.59 Å². The first-order chi connectivity index (χ1) is 16.3. The van der Waals surface area contributed by atoms with Crippen LogP contribution in [0.4, 0.5) is 16.2 Å². The van der Waals surface area contributed by atoms with Crippen molar-refractivity contribution in [2.24, 2.45) is 4.99 Å². The summed E-state index contributed by atoms with van der Waals surface area (Å²) in [5, 5.41) is 8.89. The Morgan fingerprint density at radius 3 is 2.59 bits per heavy atom.